The van der Waals surface area contributed by atoms with Crippen molar-refractivity contribution in [2.75, 3.05) is 26.4 Å². The van der Waals surface area contributed by atoms with Crippen LogP contribution >= 0.6 is 0 Å². The van der Waals surface area contributed by atoms with E-state index in [1.54, 1.807) is 11.9 Å². The SMILES string of the molecule is Cc1ccc(C(C)N(C)C(=O)C2CCCN(S(C)(=O)=O)C2)cc1. The number of hydrogen-bond acceptors (Lipinski definition) is 3. The summed E-state index contributed by atoms with van der Waals surface area (Å²) in [6.07, 6.45) is 2.69. The summed E-state index contributed by atoms with van der Waals surface area (Å²) in [4.78, 5) is 14.5. The van der Waals surface area contributed by atoms with E-state index in [9.17, 15) is 13.2 Å². The molecule has 0 aromatic heterocycles. The first-order chi connectivity index (χ1) is 10.7. The summed E-state index contributed by atoms with van der Waals surface area (Å²) >= 11 is 0. The lowest BCUT2D eigenvalue weighted by Crippen LogP contribution is -2.46. The molecule has 1 aliphatic rings. The lowest BCUT2D eigenvalue weighted by molar-refractivity contribution is -0.137. The second-order valence-electron chi connectivity index (χ2n) is 6.50. The van der Waals surface area contributed by atoms with Crippen LogP contribution in [-0.4, -0.2) is 49.9 Å². The van der Waals surface area contributed by atoms with E-state index in [0.717, 1.165) is 18.4 Å². The minimum Gasteiger partial charge on any atom is -0.339 e. The molecule has 23 heavy (non-hydrogen) atoms. The molecule has 2 rings (SSSR count). The van der Waals surface area contributed by atoms with Crippen molar-refractivity contribution in [2.24, 2.45) is 5.92 Å². The van der Waals surface area contributed by atoms with Gasteiger partial charge in [-0.3, -0.25) is 4.79 Å². The van der Waals surface area contributed by atoms with Crippen molar-refractivity contribution < 1.29 is 13.2 Å². The van der Waals surface area contributed by atoms with Crippen LogP contribution in [0.5, 0.6) is 0 Å². The molecule has 0 bridgehead atoms. The average molecular weight is 338 g/mol. The van der Waals surface area contributed by atoms with Gasteiger partial charge in [-0.25, -0.2) is 12.7 Å². The molecule has 0 aliphatic carbocycles. The third-order valence-corrected chi connectivity index (χ3v) is 5.96. The van der Waals surface area contributed by atoms with Gasteiger partial charge in [0.1, 0.15) is 0 Å². The van der Waals surface area contributed by atoms with E-state index >= 15 is 0 Å². The molecule has 2 atom stereocenters. The van der Waals surface area contributed by atoms with Crippen LogP contribution in [0.3, 0.4) is 0 Å². The monoisotopic (exact) mass is 338 g/mol. The van der Waals surface area contributed by atoms with Gasteiger partial charge in [0.2, 0.25) is 15.9 Å². The lowest BCUT2D eigenvalue weighted by atomic mass is 9.96. The van der Waals surface area contributed by atoms with Gasteiger partial charge in [-0.1, -0.05) is 29.8 Å². The number of rotatable bonds is 4. The predicted molar refractivity (Wildman–Crippen MR) is 91.5 cm³/mol. The summed E-state index contributed by atoms with van der Waals surface area (Å²) in [5.74, 6) is -0.234. The van der Waals surface area contributed by atoms with Crippen molar-refractivity contribution in [3.8, 4) is 0 Å². The fourth-order valence-electron chi connectivity index (χ4n) is 2.99. The number of sulfonamides is 1. The van der Waals surface area contributed by atoms with E-state index in [1.165, 1.54) is 16.1 Å². The molecule has 128 valence electrons. The van der Waals surface area contributed by atoms with E-state index in [-0.39, 0.29) is 17.9 Å². The Morgan fingerprint density at radius 1 is 1.30 bits per heavy atom. The molecule has 1 aliphatic heterocycles. The first kappa shape index (κ1) is 17.9. The van der Waals surface area contributed by atoms with E-state index in [1.807, 2.05) is 38.1 Å². The molecule has 0 radical (unpaired) electrons. The van der Waals surface area contributed by atoms with E-state index < -0.39 is 10.0 Å². The topological polar surface area (TPSA) is 57.7 Å². The highest BCUT2D eigenvalue weighted by Crippen LogP contribution is 2.25. The number of benzene rings is 1. The van der Waals surface area contributed by atoms with Gasteiger partial charge < -0.3 is 4.90 Å². The number of carbonyl (C=O) groups is 1. The van der Waals surface area contributed by atoms with Crippen molar-refractivity contribution in [3.63, 3.8) is 0 Å². The maximum absolute atomic E-state index is 12.8. The van der Waals surface area contributed by atoms with Gasteiger partial charge in [-0.15, -0.1) is 0 Å². The highest BCUT2D eigenvalue weighted by molar-refractivity contribution is 7.88. The minimum atomic E-state index is -3.23. The molecular weight excluding hydrogens is 312 g/mol. The maximum atomic E-state index is 12.8. The van der Waals surface area contributed by atoms with E-state index in [2.05, 4.69) is 0 Å². The summed E-state index contributed by atoms with van der Waals surface area (Å²) < 4.78 is 24.8. The van der Waals surface area contributed by atoms with E-state index in [0.29, 0.717) is 13.1 Å². The number of aryl methyl sites for hydroxylation is 1. The number of amides is 1. The van der Waals surface area contributed by atoms with Gasteiger partial charge >= 0.3 is 0 Å². The molecule has 1 fully saturated rings. The van der Waals surface area contributed by atoms with E-state index in [4.69, 9.17) is 0 Å². The predicted octanol–water partition coefficient (Wildman–Crippen LogP) is 2.19. The van der Waals surface area contributed by atoms with Crippen LogP contribution in [0.1, 0.15) is 36.9 Å². The molecule has 1 aromatic rings. The molecule has 0 spiro atoms. The Hall–Kier alpha value is -1.40. The number of nitrogens with zero attached hydrogens (tertiary/aromatic N) is 2. The first-order valence-corrected chi connectivity index (χ1v) is 9.83. The van der Waals surface area contributed by atoms with Gasteiger partial charge in [0, 0.05) is 20.1 Å². The number of carbonyl (C=O) groups excluding carboxylic acids is 1. The highest BCUT2D eigenvalue weighted by Gasteiger charge is 2.33. The Labute approximate surface area is 139 Å². The molecule has 0 N–H and O–H groups in total. The molecule has 6 heteroatoms. The molecule has 5 nitrogen and oxygen atoms in total. The van der Waals surface area contributed by atoms with Crippen molar-refractivity contribution in [1.82, 2.24) is 9.21 Å². The van der Waals surface area contributed by atoms with Crippen LogP contribution in [0.15, 0.2) is 24.3 Å². The fraction of sp³-hybridized carbons (Fsp3) is 0.588. The third-order valence-electron chi connectivity index (χ3n) is 4.69. The summed E-state index contributed by atoms with van der Waals surface area (Å²) in [6.45, 7) is 4.84. The van der Waals surface area contributed by atoms with Crippen molar-refractivity contribution in [1.29, 1.82) is 0 Å². The molecule has 1 amide bonds. The van der Waals surface area contributed by atoms with Gasteiger partial charge in [0.25, 0.3) is 0 Å². The van der Waals surface area contributed by atoms with Crippen molar-refractivity contribution in [3.05, 3.63) is 35.4 Å². The summed E-state index contributed by atoms with van der Waals surface area (Å²) in [6, 6.07) is 8.12. The maximum Gasteiger partial charge on any atom is 0.227 e. The molecule has 0 saturated carbocycles. The molecule has 1 saturated heterocycles. The summed E-state index contributed by atoms with van der Waals surface area (Å²) in [5.41, 5.74) is 2.27. The van der Waals surface area contributed by atoms with Gasteiger partial charge in [-0.2, -0.15) is 0 Å². The molecule has 2 unspecified atom stereocenters. The number of hydrogen-bond donors (Lipinski definition) is 0. The normalized spacial score (nSPS) is 21.0. The minimum absolute atomic E-state index is 0.0198. The van der Waals surface area contributed by atoms with Crippen LogP contribution in [0.4, 0.5) is 0 Å². The standard InChI is InChI=1S/C17H26N2O3S/c1-13-7-9-15(10-8-13)14(2)18(3)17(20)16-6-5-11-19(12-16)23(4,21)22/h7-10,14,16H,5-6,11-12H2,1-4H3. The Balaban J connectivity index is 2.08. The number of piperidine rings is 1. The highest BCUT2D eigenvalue weighted by atomic mass is 32.2. The first-order valence-electron chi connectivity index (χ1n) is 7.98. The van der Waals surface area contributed by atoms with Crippen LogP contribution in [0.2, 0.25) is 0 Å². The Morgan fingerprint density at radius 3 is 2.48 bits per heavy atom. The largest absolute Gasteiger partial charge is 0.339 e. The Bertz CT molecular complexity index is 655. The molecule has 1 aromatic carbocycles. The zero-order valence-electron chi connectivity index (χ0n) is 14.3. The lowest BCUT2D eigenvalue weighted by Gasteiger charge is -2.34. The van der Waals surface area contributed by atoms with Crippen LogP contribution in [0, 0.1) is 12.8 Å². The van der Waals surface area contributed by atoms with Gasteiger partial charge in [-0.05, 0) is 32.3 Å². The Morgan fingerprint density at radius 2 is 1.91 bits per heavy atom. The zero-order valence-corrected chi connectivity index (χ0v) is 15.1. The third kappa shape index (κ3) is 4.32. The van der Waals surface area contributed by atoms with Gasteiger partial charge in [0.05, 0.1) is 18.2 Å². The summed E-state index contributed by atoms with van der Waals surface area (Å²) in [5, 5.41) is 0. The van der Waals surface area contributed by atoms with Crippen molar-refractivity contribution >= 4 is 15.9 Å². The molecule has 1 heterocycles. The fourth-order valence-corrected chi connectivity index (χ4v) is 3.90. The Kier molecular flexibility index (Phi) is 5.47. The quantitative estimate of drug-likeness (QED) is 0.845. The second-order valence-corrected chi connectivity index (χ2v) is 8.48. The van der Waals surface area contributed by atoms with Crippen LogP contribution in [-0.2, 0) is 14.8 Å². The second kappa shape index (κ2) is 7.01. The smallest absolute Gasteiger partial charge is 0.227 e. The summed E-state index contributed by atoms with van der Waals surface area (Å²) in [7, 11) is -1.43. The van der Waals surface area contributed by atoms with Gasteiger partial charge in [0.15, 0.2) is 0 Å². The zero-order chi connectivity index (χ0) is 17.2. The van der Waals surface area contributed by atoms with Crippen LogP contribution in [0.25, 0.3) is 0 Å². The average Bonchev–Trinajstić information content (AvgIpc) is 2.53. The van der Waals surface area contributed by atoms with Crippen molar-refractivity contribution in [2.45, 2.75) is 32.7 Å². The van der Waals surface area contributed by atoms with Crippen LogP contribution < -0.4 is 0 Å². The molecular formula is C17H26N2O3S.